The third kappa shape index (κ3) is 3.14. The van der Waals surface area contributed by atoms with Gasteiger partial charge in [-0.25, -0.2) is 23.7 Å². The number of pyridine rings is 1. The Morgan fingerprint density at radius 3 is 2.65 bits per heavy atom. The molecule has 6 nitrogen and oxygen atoms in total. The summed E-state index contributed by atoms with van der Waals surface area (Å²) in [4.78, 5) is 21.1. The van der Waals surface area contributed by atoms with Crippen LogP contribution in [0.1, 0.15) is 12.0 Å². The summed E-state index contributed by atoms with van der Waals surface area (Å²) in [6.45, 7) is 2.21. The highest BCUT2D eigenvalue weighted by Crippen LogP contribution is 2.36. The summed E-state index contributed by atoms with van der Waals surface area (Å²) in [6, 6.07) is 10.6. The second kappa shape index (κ2) is 7.09. The molecule has 8 heteroatoms. The van der Waals surface area contributed by atoms with Gasteiger partial charge < -0.3 is 9.88 Å². The fourth-order valence-corrected chi connectivity index (χ4v) is 4.79. The van der Waals surface area contributed by atoms with Crippen LogP contribution < -0.4 is 4.90 Å². The van der Waals surface area contributed by atoms with E-state index in [2.05, 4.69) is 24.8 Å². The molecule has 31 heavy (non-hydrogen) atoms. The van der Waals surface area contributed by atoms with Crippen LogP contribution in [0.2, 0.25) is 0 Å². The lowest BCUT2D eigenvalue weighted by Gasteiger charge is -2.56. The molecule has 0 aliphatic carbocycles. The minimum absolute atomic E-state index is 0.353. The van der Waals surface area contributed by atoms with Crippen LogP contribution in [0, 0.1) is 11.6 Å². The molecule has 0 amide bonds. The zero-order valence-corrected chi connectivity index (χ0v) is 16.7. The van der Waals surface area contributed by atoms with E-state index in [-0.39, 0.29) is 0 Å². The van der Waals surface area contributed by atoms with Gasteiger partial charge in [0.1, 0.15) is 29.4 Å². The predicted molar refractivity (Wildman–Crippen MR) is 113 cm³/mol. The Balaban J connectivity index is 1.17. The zero-order chi connectivity index (χ0) is 20.9. The third-order valence-electron chi connectivity index (χ3n) is 6.41. The van der Waals surface area contributed by atoms with Gasteiger partial charge in [-0.2, -0.15) is 0 Å². The maximum absolute atomic E-state index is 14.0. The molecule has 7 rings (SSSR count). The van der Waals surface area contributed by atoms with Crippen molar-refractivity contribution < 1.29 is 8.78 Å². The van der Waals surface area contributed by atoms with Crippen LogP contribution in [-0.2, 0) is 6.54 Å². The molecule has 0 saturated carbocycles. The minimum Gasteiger partial charge on any atom is -0.353 e. The van der Waals surface area contributed by atoms with Gasteiger partial charge in [-0.15, -0.1) is 0 Å². The van der Waals surface area contributed by atoms with Crippen molar-refractivity contribution in [2.45, 2.75) is 25.0 Å². The van der Waals surface area contributed by atoms with E-state index in [0.29, 0.717) is 24.2 Å². The van der Waals surface area contributed by atoms with Crippen molar-refractivity contribution in [2.24, 2.45) is 0 Å². The highest BCUT2D eigenvalue weighted by molar-refractivity contribution is 5.90. The maximum atomic E-state index is 14.0. The van der Waals surface area contributed by atoms with E-state index < -0.39 is 11.6 Å². The Morgan fingerprint density at radius 2 is 1.87 bits per heavy atom. The third-order valence-corrected chi connectivity index (χ3v) is 6.41. The molecule has 0 spiro atoms. The van der Waals surface area contributed by atoms with Gasteiger partial charge in [0.2, 0.25) is 0 Å². The minimum atomic E-state index is -0.537. The Bertz CT molecular complexity index is 1240. The average molecular weight is 418 g/mol. The molecule has 2 unspecified atom stereocenters. The van der Waals surface area contributed by atoms with Crippen molar-refractivity contribution in [1.29, 1.82) is 0 Å². The topological polar surface area (TPSA) is 60.9 Å². The number of nitrogens with one attached hydrogen (secondary N) is 1. The number of nitrogens with zero attached hydrogens (tertiary/aromatic N) is 5. The first kappa shape index (κ1) is 18.4. The molecule has 3 aliphatic heterocycles. The molecule has 2 atom stereocenters. The molecular weight excluding hydrogens is 398 g/mol. The van der Waals surface area contributed by atoms with E-state index in [0.717, 1.165) is 53.7 Å². The molecule has 0 radical (unpaired) electrons. The molecule has 3 aromatic heterocycles. The number of hydrogen-bond acceptors (Lipinski definition) is 5. The largest absolute Gasteiger partial charge is 0.353 e. The lowest BCUT2D eigenvalue weighted by atomic mass is 9.86. The van der Waals surface area contributed by atoms with Crippen LogP contribution in [0.5, 0.6) is 0 Å². The van der Waals surface area contributed by atoms with Gasteiger partial charge in [0, 0.05) is 66.7 Å². The van der Waals surface area contributed by atoms with E-state index in [1.165, 1.54) is 6.07 Å². The normalized spacial score (nSPS) is 20.8. The van der Waals surface area contributed by atoms with Crippen LogP contribution in [-0.4, -0.2) is 50.0 Å². The summed E-state index contributed by atoms with van der Waals surface area (Å²) < 4.78 is 27.2. The number of piperidine rings is 1. The molecule has 4 aromatic rings. The summed E-state index contributed by atoms with van der Waals surface area (Å²) in [5.74, 6) is -0.0734. The molecule has 3 aliphatic rings. The molecular formula is C23H20F2N6. The number of fused-ring (bicyclic) bond motifs is 3. The second-order valence-corrected chi connectivity index (χ2v) is 8.22. The molecule has 1 N–H and O–H groups in total. The Kier molecular flexibility index (Phi) is 4.21. The number of halogens is 2. The molecule has 3 saturated heterocycles. The first-order valence-corrected chi connectivity index (χ1v) is 10.3. The summed E-state index contributed by atoms with van der Waals surface area (Å²) in [6.07, 6.45) is 6.37. The fraction of sp³-hybridized carbons (Fsp3) is 0.261. The highest BCUT2D eigenvalue weighted by Gasteiger charge is 2.44. The number of piperazine rings is 1. The van der Waals surface area contributed by atoms with Gasteiger partial charge >= 0.3 is 0 Å². The van der Waals surface area contributed by atoms with Crippen LogP contribution in [0.4, 0.5) is 14.6 Å². The smallest absolute Gasteiger partial charge is 0.141 e. The quantitative estimate of drug-likeness (QED) is 0.547. The number of rotatable bonds is 4. The Hall–Kier alpha value is -3.39. The number of aromatic amines is 1. The lowest BCUT2D eigenvalue weighted by molar-refractivity contribution is -0.00947. The summed E-state index contributed by atoms with van der Waals surface area (Å²) >= 11 is 0. The number of aromatic nitrogens is 4. The van der Waals surface area contributed by atoms with Gasteiger partial charge in [0.15, 0.2) is 0 Å². The average Bonchev–Trinajstić information content (AvgIpc) is 3.28. The second-order valence-electron chi connectivity index (χ2n) is 8.22. The fourth-order valence-electron chi connectivity index (χ4n) is 4.79. The number of anilines is 1. The Labute approximate surface area is 177 Å². The molecule has 156 valence electrons. The number of hydrogen-bond donors (Lipinski definition) is 1. The number of benzene rings is 1. The predicted octanol–water partition coefficient (Wildman–Crippen LogP) is 3.76. The van der Waals surface area contributed by atoms with Gasteiger partial charge in [-0.1, -0.05) is 6.07 Å². The van der Waals surface area contributed by atoms with Crippen molar-refractivity contribution >= 4 is 16.9 Å². The van der Waals surface area contributed by atoms with Crippen LogP contribution in [0.3, 0.4) is 0 Å². The van der Waals surface area contributed by atoms with Gasteiger partial charge in [-0.05, 0) is 30.7 Å². The van der Waals surface area contributed by atoms with Crippen LogP contribution in [0.25, 0.3) is 22.3 Å². The van der Waals surface area contributed by atoms with E-state index in [1.54, 1.807) is 12.4 Å². The zero-order valence-electron chi connectivity index (χ0n) is 16.7. The van der Waals surface area contributed by atoms with Crippen molar-refractivity contribution in [3.8, 4) is 11.3 Å². The summed E-state index contributed by atoms with van der Waals surface area (Å²) in [5.41, 5.74) is 3.17. The number of H-pyrrole nitrogens is 1. The van der Waals surface area contributed by atoms with Crippen molar-refractivity contribution in [1.82, 2.24) is 24.8 Å². The van der Waals surface area contributed by atoms with E-state index in [4.69, 9.17) is 4.98 Å². The highest BCUT2D eigenvalue weighted by atomic mass is 19.1. The molecule has 1 aromatic carbocycles. The van der Waals surface area contributed by atoms with Crippen LogP contribution in [0.15, 0.2) is 55.1 Å². The van der Waals surface area contributed by atoms with Crippen molar-refractivity contribution in [3.63, 3.8) is 0 Å². The molecule has 6 heterocycles. The Morgan fingerprint density at radius 1 is 1.00 bits per heavy atom. The standard InChI is InChI=1S/C23H20F2N6/c24-16-3-1-15(20(25)7-16)10-31-17-8-18(31)12-30(11-17)21-4-2-14(9-27-21)22-19-5-6-26-23(19)29-13-28-22/h1-7,9,13,17-18H,8,10-12H2,(H,26,28,29). The van der Waals surface area contributed by atoms with E-state index >= 15 is 0 Å². The molecule has 3 fully saturated rings. The maximum Gasteiger partial charge on any atom is 0.141 e. The monoisotopic (exact) mass is 418 g/mol. The lowest BCUT2D eigenvalue weighted by Crippen LogP contribution is -2.68. The van der Waals surface area contributed by atoms with Crippen molar-refractivity contribution in [2.75, 3.05) is 18.0 Å². The van der Waals surface area contributed by atoms with Gasteiger partial charge in [0.05, 0.1) is 5.69 Å². The first-order chi connectivity index (χ1) is 15.2. The first-order valence-electron chi connectivity index (χ1n) is 10.3. The SMILES string of the molecule is Fc1ccc(CN2C3CC2CN(c2ccc(-c4ncnc5[nH]ccc45)cn2)C3)c(F)c1. The summed E-state index contributed by atoms with van der Waals surface area (Å²) in [7, 11) is 0. The summed E-state index contributed by atoms with van der Waals surface area (Å²) in [5, 5.41) is 0.972. The van der Waals surface area contributed by atoms with Crippen molar-refractivity contribution in [3.05, 3.63) is 72.3 Å². The van der Waals surface area contributed by atoms with Gasteiger partial charge in [-0.3, -0.25) is 4.90 Å². The van der Waals surface area contributed by atoms with Crippen LogP contribution >= 0.6 is 0 Å². The van der Waals surface area contributed by atoms with E-state index in [1.807, 2.05) is 30.6 Å². The van der Waals surface area contributed by atoms with E-state index in [9.17, 15) is 8.78 Å². The molecule has 2 bridgehead atoms. The van der Waals surface area contributed by atoms with Gasteiger partial charge in [0.25, 0.3) is 0 Å².